The summed E-state index contributed by atoms with van der Waals surface area (Å²) in [7, 11) is -1.65. The minimum Gasteiger partial charge on any atom is -0.318 e. The maximum atomic E-state index is 12.9. The number of nitrogens with zero attached hydrogens (tertiary/aromatic N) is 3. The molecule has 23 heavy (non-hydrogen) atoms. The molecule has 1 aliphatic heterocycles. The molecule has 0 unspecified atom stereocenters. The Labute approximate surface area is 137 Å². The lowest BCUT2D eigenvalue weighted by Crippen LogP contribution is -2.40. The molecule has 3 rings (SSSR count). The predicted octanol–water partition coefficient (Wildman–Crippen LogP) is 1.55. The minimum absolute atomic E-state index is 0.0210. The van der Waals surface area contributed by atoms with Crippen molar-refractivity contribution in [3.05, 3.63) is 42.2 Å². The number of aryl methyl sites for hydroxylation is 1. The van der Waals surface area contributed by atoms with Crippen LogP contribution in [0, 0.1) is 6.92 Å². The summed E-state index contributed by atoms with van der Waals surface area (Å²) in [5.41, 5.74) is 2.01. The number of hydrogen-bond acceptors (Lipinski definition) is 4. The second-order valence-corrected chi connectivity index (χ2v) is 7.82. The minimum atomic E-state index is -3.50. The number of hydrogen-bond donors (Lipinski definition) is 1. The Morgan fingerprint density at radius 2 is 2.04 bits per heavy atom. The Kier molecular flexibility index (Phi) is 4.52. The average molecular weight is 334 g/mol. The van der Waals surface area contributed by atoms with Crippen LogP contribution in [0.25, 0.3) is 5.69 Å². The van der Waals surface area contributed by atoms with E-state index in [1.54, 1.807) is 15.2 Å². The van der Waals surface area contributed by atoms with Crippen molar-refractivity contribution >= 4 is 10.0 Å². The number of aromatic nitrogens is 2. The van der Waals surface area contributed by atoms with E-state index in [2.05, 4.69) is 10.4 Å². The van der Waals surface area contributed by atoms with Gasteiger partial charge < -0.3 is 5.32 Å². The van der Waals surface area contributed by atoms with Crippen LogP contribution in [0.3, 0.4) is 0 Å². The molecular formula is C16H22N4O2S. The summed E-state index contributed by atoms with van der Waals surface area (Å²) in [5.74, 6) is 0. The van der Waals surface area contributed by atoms with Gasteiger partial charge in [0.2, 0.25) is 10.0 Å². The smallest absolute Gasteiger partial charge is 0.246 e. The summed E-state index contributed by atoms with van der Waals surface area (Å²) in [5, 5.41) is 7.29. The van der Waals surface area contributed by atoms with Crippen LogP contribution < -0.4 is 5.32 Å². The lowest BCUT2D eigenvalue weighted by atomic mass is 10.2. The van der Waals surface area contributed by atoms with Gasteiger partial charge in [-0.2, -0.15) is 9.40 Å². The molecule has 0 bridgehead atoms. The fourth-order valence-electron chi connectivity index (χ4n) is 2.98. The zero-order valence-corrected chi connectivity index (χ0v) is 14.3. The molecular weight excluding hydrogens is 312 g/mol. The quantitative estimate of drug-likeness (QED) is 0.901. The van der Waals surface area contributed by atoms with Gasteiger partial charge in [-0.3, -0.25) is 0 Å². The summed E-state index contributed by atoms with van der Waals surface area (Å²) in [4.78, 5) is 0.251. The van der Waals surface area contributed by atoms with Gasteiger partial charge >= 0.3 is 0 Å². The molecule has 124 valence electrons. The van der Waals surface area contributed by atoms with Gasteiger partial charge in [0, 0.05) is 19.1 Å². The van der Waals surface area contributed by atoms with Crippen LogP contribution in [-0.4, -0.2) is 48.7 Å². The van der Waals surface area contributed by atoms with E-state index in [-0.39, 0.29) is 10.9 Å². The summed E-state index contributed by atoms with van der Waals surface area (Å²) < 4.78 is 28.9. The van der Waals surface area contributed by atoms with E-state index in [1.807, 2.05) is 38.2 Å². The zero-order valence-electron chi connectivity index (χ0n) is 13.4. The van der Waals surface area contributed by atoms with Gasteiger partial charge in [0.25, 0.3) is 0 Å². The molecule has 6 nitrogen and oxygen atoms in total. The highest BCUT2D eigenvalue weighted by atomic mass is 32.2. The lowest BCUT2D eigenvalue weighted by molar-refractivity contribution is 0.379. The third kappa shape index (κ3) is 3.17. The predicted molar refractivity (Wildman–Crippen MR) is 89.1 cm³/mol. The summed E-state index contributed by atoms with van der Waals surface area (Å²) in [6.07, 6.45) is 4.82. The highest BCUT2D eigenvalue weighted by Gasteiger charge is 2.35. The molecule has 1 fully saturated rings. The third-order valence-electron chi connectivity index (χ3n) is 4.23. The van der Waals surface area contributed by atoms with Crippen molar-refractivity contribution in [3.63, 3.8) is 0 Å². The maximum absolute atomic E-state index is 12.9. The Hall–Kier alpha value is -1.70. The van der Waals surface area contributed by atoms with Gasteiger partial charge in [-0.1, -0.05) is 17.7 Å². The van der Waals surface area contributed by atoms with E-state index in [0.717, 1.165) is 24.1 Å². The molecule has 0 saturated carbocycles. The van der Waals surface area contributed by atoms with Crippen molar-refractivity contribution in [1.82, 2.24) is 19.4 Å². The van der Waals surface area contributed by atoms with Crippen LogP contribution in [0.2, 0.25) is 0 Å². The molecule has 0 amide bonds. The van der Waals surface area contributed by atoms with Gasteiger partial charge in [0.15, 0.2) is 0 Å². The zero-order chi connectivity index (χ0) is 16.4. The van der Waals surface area contributed by atoms with E-state index >= 15 is 0 Å². The number of sulfonamides is 1. The van der Waals surface area contributed by atoms with Crippen molar-refractivity contribution in [2.24, 2.45) is 0 Å². The van der Waals surface area contributed by atoms with Crippen LogP contribution in [0.15, 0.2) is 41.6 Å². The molecule has 1 aliphatic rings. The van der Waals surface area contributed by atoms with Crippen molar-refractivity contribution in [1.29, 1.82) is 0 Å². The molecule has 2 heterocycles. The van der Waals surface area contributed by atoms with Crippen LogP contribution in [-0.2, 0) is 10.0 Å². The first-order valence-corrected chi connectivity index (χ1v) is 9.24. The van der Waals surface area contributed by atoms with Gasteiger partial charge in [-0.25, -0.2) is 13.1 Å². The Morgan fingerprint density at radius 3 is 2.74 bits per heavy atom. The van der Waals surface area contributed by atoms with E-state index < -0.39 is 10.0 Å². The first-order chi connectivity index (χ1) is 11.0. The van der Waals surface area contributed by atoms with Crippen LogP contribution in [0.4, 0.5) is 0 Å². The fraction of sp³-hybridized carbons (Fsp3) is 0.438. The third-order valence-corrected chi connectivity index (χ3v) is 6.13. The maximum Gasteiger partial charge on any atom is 0.246 e. The van der Waals surface area contributed by atoms with E-state index in [9.17, 15) is 8.42 Å². The fourth-order valence-corrected chi connectivity index (χ4v) is 4.60. The van der Waals surface area contributed by atoms with Crippen molar-refractivity contribution in [2.75, 3.05) is 20.1 Å². The van der Waals surface area contributed by atoms with Gasteiger partial charge in [-0.15, -0.1) is 0 Å². The Balaban J connectivity index is 1.88. The molecule has 0 spiro atoms. The van der Waals surface area contributed by atoms with Gasteiger partial charge in [-0.05, 0) is 38.9 Å². The van der Waals surface area contributed by atoms with E-state index in [0.29, 0.717) is 13.1 Å². The largest absolute Gasteiger partial charge is 0.318 e. The van der Waals surface area contributed by atoms with E-state index in [4.69, 9.17) is 0 Å². The van der Waals surface area contributed by atoms with Crippen molar-refractivity contribution in [3.8, 4) is 5.69 Å². The SMILES string of the molecule is CNC[C@H]1CCCN1S(=O)(=O)c1cnn(-c2ccc(C)cc2)c1. The normalized spacial score (nSPS) is 19.3. The topological polar surface area (TPSA) is 67.2 Å². The number of nitrogens with one attached hydrogen (secondary N) is 1. The van der Waals surface area contributed by atoms with Gasteiger partial charge in [0.1, 0.15) is 4.90 Å². The van der Waals surface area contributed by atoms with E-state index in [1.165, 1.54) is 6.20 Å². The molecule has 1 saturated heterocycles. The molecule has 1 N–H and O–H groups in total. The summed E-state index contributed by atoms with van der Waals surface area (Å²) in [6.45, 7) is 3.26. The monoisotopic (exact) mass is 334 g/mol. The molecule has 0 aliphatic carbocycles. The number of benzene rings is 1. The van der Waals surface area contributed by atoms with Crippen LogP contribution in [0.5, 0.6) is 0 Å². The van der Waals surface area contributed by atoms with Crippen LogP contribution >= 0.6 is 0 Å². The highest BCUT2D eigenvalue weighted by molar-refractivity contribution is 7.89. The van der Waals surface area contributed by atoms with Crippen LogP contribution in [0.1, 0.15) is 18.4 Å². The molecule has 1 atom stereocenters. The first-order valence-electron chi connectivity index (χ1n) is 7.80. The molecule has 1 aromatic carbocycles. The lowest BCUT2D eigenvalue weighted by Gasteiger charge is -2.22. The van der Waals surface area contributed by atoms with Crippen molar-refractivity contribution < 1.29 is 8.42 Å². The molecule has 1 aromatic heterocycles. The summed E-state index contributed by atoms with van der Waals surface area (Å²) in [6, 6.07) is 7.84. The Morgan fingerprint density at radius 1 is 1.30 bits per heavy atom. The highest BCUT2D eigenvalue weighted by Crippen LogP contribution is 2.26. The average Bonchev–Trinajstić information content (AvgIpc) is 3.18. The summed E-state index contributed by atoms with van der Waals surface area (Å²) >= 11 is 0. The number of rotatable bonds is 5. The first kappa shape index (κ1) is 16.2. The van der Waals surface area contributed by atoms with Crippen molar-refractivity contribution in [2.45, 2.75) is 30.7 Å². The molecule has 7 heteroatoms. The second-order valence-electron chi connectivity index (χ2n) is 5.93. The van der Waals surface area contributed by atoms with Gasteiger partial charge in [0.05, 0.1) is 18.1 Å². The molecule has 2 aromatic rings. The standard InChI is InChI=1S/C16H22N4O2S/c1-13-5-7-14(8-6-13)19-12-16(11-18-19)23(21,22)20-9-3-4-15(20)10-17-2/h5-8,11-12,15,17H,3-4,9-10H2,1-2H3/t15-/m1/s1. The Bertz CT molecular complexity index is 768. The second kappa shape index (κ2) is 6.43. The number of likely N-dealkylation sites (N-methyl/N-ethyl adjacent to an activating group) is 1. The molecule has 0 radical (unpaired) electrons.